The molecule has 0 N–H and O–H groups in total. The minimum Gasteiger partial charge on any atom is -0.166 e. The van der Waals surface area contributed by atoms with Gasteiger partial charge < -0.3 is 0 Å². The highest BCUT2D eigenvalue weighted by atomic mass is 79.9. The second-order valence-corrected chi connectivity index (χ2v) is 9.32. The lowest BCUT2D eigenvalue weighted by molar-refractivity contribution is -0.143. The Kier molecular flexibility index (Phi) is 6.51. The quantitative estimate of drug-likeness (QED) is 0.275. The molecule has 2 rings (SSSR count). The van der Waals surface area contributed by atoms with Gasteiger partial charge in [-0.25, -0.2) is 0 Å². The Morgan fingerprint density at radius 3 is 1.37 bits per heavy atom. The molecule has 0 saturated heterocycles. The van der Waals surface area contributed by atoms with Gasteiger partial charge in [0.2, 0.25) is 0 Å². The lowest BCUT2D eigenvalue weighted by Crippen LogP contribution is -2.30. The summed E-state index contributed by atoms with van der Waals surface area (Å²) in [6.45, 7) is -3.19. The van der Waals surface area contributed by atoms with Crippen LogP contribution >= 0.6 is 22.1 Å². The summed E-state index contributed by atoms with van der Waals surface area (Å²) in [4.78, 5) is 0. The summed E-state index contributed by atoms with van der Waals surface area (Å²) in [5, 5.41) is -2.70. The van der Waals surface area contributed by atoms with E-state index in [-0.39, 0.29) is 30.3 Å². The summed E-state index contributed by atoms with van der Waals surface area (Å²) >= 11 is 2.48. The summed E-state index contributed by atoms with van der Waals surface area (Å²) in [5.74, 6) is 0. The SMILES string of the molecule is FC(F)(F)c1ccc(P(Br)c2c(C(F)(F)F)cccc2C(F)(F)F)c(C(F)(F)F)c1. The number of hydrogen-bond donors (Lipinski definition) is 0. The topological polar surface area (TPSA) is 0 Å². The molecule has 0 nitrogen and oxygen atoms in total. The predicted molar refractivity (Wildman–Crippen MR) is 88.0 cm³/mol. The molecule has 0 amide bonds. The highest BCUT2D eigenvalue weighted by Gasteiger charge is 2.45. The number of halogens is 13. The van der Waals surface area contributed by atoms with Gasteiger partial charge in [0.25, 0.3) is 0 Å². The van der Waals surface area contributed by atoms with Crippen molar-refractivity contribution in [2.24, 2.45) is 0 Å². The average Bonchev–Trinajstić information content (AvgIpc) is 2.56. The van der Waals surface area contributed by atoms with Gasteiger partial charge >= 0.3 is 24.7 Å². The summed E-state index contributed by atoms with van der Waals surface area (Å²) < 4.78 is 158. The molecule has 0 saturated carbocycles. The van der Waals surface area contributed by atoms with Gasteiger partial charge in [0.15, 0.2) is 0 Å². The third-order valence-corrected chi connectivity index (χ3v) is 7.58. The average molecular weight is 537 g/mol. The number of hydrogen-bond acceptors (Lipinski definition) is 0. The molecule has 2 aromatic carbocycles. The summed E-state index contributed by atoms with van der Waals surface area (Å²) in [6.07, 6.45) is -21.4. The first-order chi connectivity index (χ1) is 13.3. The summed E-state index contributed by atoms with van der Waals surface area (Å²) in [6, 6.07) is 0.958. The van der Waals surface area contributed by atoms with E-state index in [2.05, 4.69) is 15.5 Å². The Balaban J connectivity index is 2.85. The van der Waals surface area contributed by atoms with Crippen molar-refractivity contribution in [1.82, 2.24) is 0 Å². The van der Waals surface area contributed by atoms with Gasteiger partial charge in [-0.05, 0) is 39.8 Å². The first-order valence-electron chi connectivity index (χ1n) is 7.37. The van der Waals surface area contributed by atoms with E-state index in [0.717, 1.165) is 0 Å². The number of alkyl halides is 12. The summed E-state index contributed by atoms with van der Waals surface area (Å²) in [5.41, 5.74) is -7.46. The zero-order valence-electron chi connectivity index (χ0n) is 13.8. The van der Waals surface area contributed by atoms with Crippen LogP contribution in [0.4, 0.5) is 52.7 Å². The summed E-state index contributed by atoms with van der Waals surface area (Å²) in [7, 11) is 0. The van der Waals surface area contributed by atoms with Crippen molar-refractivity contribution in [3.8, 4) is 0 Å². The van der Waals surface area contributed by atoms with Crippen LogP contribution in [0.5, 0.6) is 0 Å². The van der Waals surface area contributed by atoms with Crippen molar-refractivity contribution in [1.29, 1.82) is 0 Å². The molecule has 14 heteroatoms. The highest BCUT2D eigenvalue weighted by molar-refractivity contribution is 9.40. The lowest BCUT2D eigenvalue weighted by atomic mass is 10.1. The van der Waals surface area contributed by atoms with Crippen molar-refractivity contribution < 1.29 is 52.7 Å². The van der Waals surface area contributed by atoms with Crippen molar-refractivity contribution >= 4 is 32.7 Å². The smallest absolute Gasteiger partial charge is 0.166 e. The van der Waals surface area contributed by atoms with Crippen LogP contribution in [0.2, 0.25) is 0 Å². The van der Waals surface area contributed by atoms with E-state index >= 15 is 0 Å². The fourth-order valence-electron chi connectivity index (χ4n) is 2.44. The molecule has 0 fully saturated rings. The maximum absolute atomic E-state index is 13.3. The second-order valence-electron chi connectivity index (χ2n) is 5.71. The van der Waals surface area contributed by atoms with Crippen LogP contribution < -0.4 is 10.6 Å². The molecule has 0 aliphatic heterocycles. The van der Waals surface area contributed by atoms with Crippen molar-refractivity contribution in [3.05, 3.63) is 58.7 Å². The molecule has 0 spiro atoms. The predicted octanol–water partition coefficient (Wildman–Crippen LogP) is 7.50. The molecule has 0 radical (unpaired) electrons. The fourth-order valence-corrected chi connectivity index (χ4v) is 6.19. The van der Waals surface area contributed by atoms with E-state index in [9.17, 15) is 52.7 Å². The van der Waals surface area contributed by atoms with E-state index in [4.69, 9.17) is 0 Å². The lowest BCUT2D eigenvalue weighted by Gasteiger charge is -2.25. The molecular weight excluding hydrogens is 531 g/mol. The molecule has 0 heterocycles. The Morgan fingerprint density at radius 2 is 1.00 bits per heavy atom. The van der Waals surface area contributed by atoms with E-state index < -0.39 is 64.2 Å². The van der Waals surface area contributed by atoms with Gasteiger partial charge in [0.05, 0.1) is 22.3 Å². The van der Waals surface area contributed by atoms with E-state index in [0.29, 0.717) is 6.07 Å². The van der Waals surface area contributed by atoms with Gasteiger partial charge in [-0.15, -0.1) is 0 Å². The van der Waals surface area contributed by atoms with Crippen molar-refractivity contribution in [3.63, 3.8) is 0 Å². The van der Waals surface area contributed by atoms with Crippen LogP contribution in [0.15, 0.2) is 36.4 Å². The maximum Gasteiger partial charge on any atom is 0.417 e. The minimum absolute atomic E-state index is 0.157. The first kappa shape index (κ1) is 24.8. The standard InChI is InChI=1S/C16H6BrF12P/c17-30(11-5-4-7(13(18,19)20)6-10(11)16(27,28)29)12-8(14(21,22)23)2-1-3-9(12)15(24,25)26/h1-6H. The highest BCUT2D eigenvalue weighted by Crippen LogP contribution is 2.51. The zero-order valence-corrected chi connectivity index (χ0v) is 16.3. The largest absolute Gasteiger partial charge is 0.417 e. The molecule has 0 bridgehead atoms. The van der Waals surface area contributed by atoms with Gasteiger partial charge in [-0.1, -0.05) is 12.1 Å². The van der Waals surface area contributed by atoms with Crippen molar-refractivity contribution in [2.45, 2.75) is 24.7 Å². The maximum atomic E-state index is 13.3. The first-order valence-corrected chi connectivity index (χ1v) is 10.7. The monoisotopic (exact) mass is 536 g/mol. The normalized spacial score (nSPS) is 14.7. The van der Waals surface area contributed by atoms with Crippen LogP contribution in [-0.4, -0.2) is 0 Å². The van der Waals surface area contributed by atoms with Gasteiger partial charge in [-0.2, -0.15) is 52.7 Å². The molecule has 30 heavy (non-hydrogen) atoms. The Hall–Kier alpha value is -1.49. The molecule has 1 unspecified atom stereocenters. The van der Waals surface area contributed by atoms with E-state index in [1.165, 1.54) is 0 Å². The second kappa shape index (κ2) is 7.89. The fraction of sp³-hybridized carbons (Fsp3) is 0.250. The molecule has 2 aromatic rings. The molecule has 0 aliphatic carbocycles. The van der Waals surface area contributed by atoms with E-state index in [1.54, 1.807) is 0 Å². The van der Waals surface area contributed by atoms with Gasteiger partial charge in [-0.3, -0.25) is 0 Å². The van der Waals surface area contributed by atoms with Gasteiger partial charge in [0.1, 0.15) is 0 Å². The molecule has 0 aliphatic rings. The zero-order chi connectivity index (χ0) is 23.3. The van der Waals surface area contributed by atoms with Crippen LogP contribution in [0.3, 0.4) is 0 Å². The Bertz CT molecular complexity index is 892. The van der Waals surface area contributed by atoms with Gasteiger partial charge in [0, 0.05) is 17.2 Å². The van der Waals surface area contributed by atoms with E-state index in [1.807, 2.05) is 0 Å². The third-order valence-electron chi connectivity index (χ3n) is 3.68. The third kappa shape index (κ3) is 5.22. The Labute approximate surface area is 169 Å². The molecule has 166 valence electrons. The number of rotatable bonds is 2. The minimum atomic E-state index is -5.48. The molecule has 1 atom stereocenters. The van der Waals surface area contributed by atoms with Crippen molar-refractivity contribution in [2.75, 3.05) is 0 Å². The van der Waals surface area contributed by atoms with Crippen LogP contribution in [0.1, 0.15) is 22.3 Å². The van der Waals surface area contributed by atoms with Crippen LogP contribution in [0.25, 0.3) is 0 Å². The Morgan fingerprint density at radius 1 is 0.567 bits per heavy atom. The van der Waals surface area contributed by atoms with Crippen LogP contribution in [0, 0.1) is 0 Å². The van der Waals surface area contributed by atoms with Crippen LogP contribution in [-0.2, 0) is 24.7 Å². The molecular formula is C16H6BrF12P. The number of benzene rings is 2. The molecule has 0 aromatic heterocycles.